The molecule has 0 spiro atoms. The highest BCUT2D eigenvalue weighted by Gasteiger charge is 2.15. The zero-order valence-corrected chi connectivity index (χ0v) is 15.4. The lowest BCUT2D eigenvalue weighted by Crippen LogP contribution is -2.23. The molecule has 0 atom stereocenters. The first-order valence-corrected chi connectivity index (χ1v) is 8.44. The van der Waals surface area contributed by atoms with E-state index < -0.39 is 5.69 Å². The van der Waals surface area contributed by atoms with Crippen molar-refractivity contribution in [2.45, 2.75) is 20.5 Å². The molecule has 0 unspecified atom stereocenters. The minimum Gasteiger partial charge on any atom is -0.391 e. The van der Waals surface area contributed by atoms with Crippen molar-refractivity contribution in [2.75, 3.05) is 0 Å². The molecular formula is C20H20N4O3. The van der Waals surface area contributed by atoms with Crippen LogP contribution in [0.4, 0.5) is 0 Å². The molecule has 0 bridgehead atoms. The molecule has 7 nitrogen and oxygen atoms in total. The number of oxime groups is 1. The number of hydrogen-bond donors (Lipinski definition) is 0. The van der Waals surface area contributed by atoms with E-state index in [9.17, 15) is 9.59 Å². The smallest absolute Gasteiger partial charge is 0.350 e. The monoisotopic (exact) mass is 364 g/mol. The number of para-hydroxylation sites is 1. The molecule has 0 N–H and O–H groups in total. The third-order valence-corrected chi connectivity index (χ3v) is 4.14. The summed E-state index contributed by atoms with van der Waals surface area (Å²) < 4.78 is 2.39. The maximum absolute atomic E-state index is 12.3. The summed E-state index contributed by atoms with van der Waals surface area (Å²) in [5.41, 5.74) is 3.74. The molecule has 2 aromatic carbocycles. The fourth-order valence-corrected chi connectivity index (χ4v) is 2.76. The molecule has 138 valence electrons. The minimum atomic E-state index is -0.399. The van der Waals surface area contributed by atoms with Crippen molar-refractivity contribution in [3.8, 4) is 5.69 Å². The molecule has 1 aromatic heterocycles. The van der Waals surface area contributed by atoms with Gasteiger partial charge in [0.1, 0.15) is 6.61 Å². The zero-order chi connectivity index (χ0) is 19.4. The second kappa shape index (κ2) is 7.82. The maximum atomic E-state index is 12.3. The maximum Gasteiger partial charge on any atom is 0.350 e. The second-order valence-electron chi connectivity index (χ2n) is 6.17. The fourth-order valence-electron chi connectivity index (χ4n) is 2.76. The Hall–Kier alpha value is -3.48. The van der Waals surface area contributed by atoms with Gasteiger partial charge in [-0.3, -0.25) is 4.79 Å². The van der Waals surface area contributed by atoms with Gasteiger partial charge in [0.2, 0.25) is 5.82 Å². The number of carbonyl (C=O) groups is 1. The van der Waals surface area contributed by atoms with Crippen molar-refractivity contribution in [1.29, 1.82) is 0 Å². The lowest BCUT2D eigenvalue weighted by atomic mass is 10.1. The molecule has 0 saturated carbocycles. The average molecular weight is 364 g/mol. The van der Waals surface area contributed by atoms with Crippen LogP contribution in [0.15, 0.2) is 58.5 Å². The van der Waals surface area contributed by atoms with Crippen molar-refractivity contribution in [3.05, 3.63) is 81.5 Å². The molecule has 3 rings (SSSR count). The summed E-state index contributed by atoms with van der Waals surface area (Å²) in [6, 6.07) is 15.2. The Labute approximate surface area is 156 Å². The first kappa shape index (κ1) is 18.3. The van der Waals surface area contributed by atoms with Crippen LogP contribution >= 0.6 is 0 Å². The van der Waals surface area contributed by atoms with Crippen molar-refractivity contribution in [3.63, 3.8) is 0 Å². The van der Waals surface area contributed by atoms with Crippen molar-refractivity contribution in [1.82, 2.24) is 14.3 Å². The van der Waals surface area contributed by atoms with Crippen LogP contribution < -0.4 is 5.69 Å². The highest BCUT2D eigenvalue weighted by atomic mass is 16.6. The van der Waals surface area contributed by atoms with E-state index in [0.29, 0.717) is 12.0 Å². The summed E-state index contributed by atoms with van der Waals surface area (Å²) in [6.07, 6.45) is 0.555. The predicted molar refractivity (Wildman–Crippen MR) is 102 cm³/mol. The molecular weight excluding hydrogens is 344 g/mol. The summed E-state index contributed by atoms with van der Waals surface area (Å²) in [7, 11) is 1.50. The molecule has 1 heterocycles. The van der Waals surface area contributed by atoms with E-state index in [1.165, 1.54) is 11.6 Å². The Morgan fingerprint density at radius 1 is 1.22 bits per heavy atom. The van der Waals surface area contributed by atoms with Gasteiger partial charge in [0.25, 0.3) is 0 Å². The normalized spacial score (nSPS) is 11.4. The Balaban J connectivity index is 1.87. The Morgan fingerprint density at radius 3 is 2.74 bits per heavy atom. The summed E-state index contributed by atoms with van der Waals surface area (Å²) >= 11 is 0. The summed E-state index contributed by atoms with van der Waals surface area (Å²) in [5.74, 6) is 0.0365. The van der Waals surface area contributed by atoms with E-state index in [4.69, 9.17) is 4.84 Å². The van der Waals surface area contributed by atoms with Gasteiger partial charge in [-0.25, -0.2) is 14.0 Å². The van der Waals surface area contributed by atoms with Gasteiger partial charge in [0, 0.05) is 12.6 Å². The SMILES string of the molecule is C/C(=N\OCc1ccccc1-n1c(C=O)nn(C)c1=O)c1cccc(C)c1. The Bertz CT molecular complexity index is 1060. The van der Waals surface area contributed by atoms with E-state index >= 15 is 0 Å². The quantitative estimate of drug-likeness (QED) is 0.383. The van der Waals surface area contributed by atoms with Crippen molar-refractivity contribution in [2.24, 2.45) is 12.2 Å². The number of aromatic nitrogens is 3. The molecule has 3 aromatic rings. The van der Waals surface area contributed by atoms with Crippen molar-refractivity contribution < 1.29 is 9.63 Å². The van der Waals surface area contributed by atoms with Gasteiger partial charge in [-0.15, -0.1) is 5.10 Å². The third kappa shape index (κ3) is 3.87. The van der Waals surface area contributed by atoms with Crippen LogP contribution in [0.25, 0.3) is 5.69 Å². The molecule has 0 aliphatic carbocycles. The van der Waals surface area contributed by atoms with E-state index in [2.05, 4.69) is 10.3 Å². The second-order valence-corrected chi connectivity index (χ2v) is 6.17. The number of benzene rings is 2. The summed E-state index contributed by atoms with van der Waals surface area (Å²) in [4.78, 5) is 29.1. The van der Waals surface area contributed by atoms with Gasteiger partial charge in [-0.2, -0.15) is 0 Å². The molecule has 27 heavy (non-hydrogen) atoms. The molecule has 0 aliphatic heterocycles. The summed E-state index contributed by atoms with van der Waals surface area (Å²) in [5, 5.41) is 8.11. The number of hydrogen-bond acceptors (Lipinski definition) is 5. The molecule has 0 fully saturated rings. The zero-order valence-electron chi connectivity index (χ0n) is 15.4. The van der Waals surface area contributed by atoms with Crippen LogP contribution in [0.1, 0.15) is 34.2 Å². The molecule has 0 amide bonds. The van der Waals surface area contributed by atoms with E-state index in [1.807, 2.05) is 50.2 Å². The van der Waals surface area contributed by atoms with Gasteiger partial charge in [-0.05, 0) is 25.5 Å². The Kier molecular flexibility index (Phi) is 5.30. The van der Waals surface area contributed by atoms with E-state index in [0.717, 1.165) is 27.1 Å². The van der Waals surface area contributed by atoms with Crippen LogP contribution in [0, 0.1) is 6.92 Å². The van der Waals surface area contributed by atoms with Crippen LogP contribution in [-0.2, 0) is 18.5 Å². The fraction of sp³-hybridized carbons (Fsp3) is 0.200. The number of nitrogens with zero attached hydrogens (tertiary/aromatic N) is 4. The van der Waals surface area contributed by atoms with E-state index in [-0.39, 0.29) is 12.4 Å². The Morgan fingerprint density at radius 2 is 2.00 bits per heavy atom. The minimum absolute atomic E-state index is 0.0365. The van der Waals surface area contributed by atoms with Crippen molar-refractivity contribution >= 4 is 12.0 Å². The molecule has 0 aliphatic rings. The lowest BCUT2D eigenvalue weighted by Gasteiger charge is -2.09. The highest BCUT2D eigenvalue weighted by molar-refractivity contribution is 5.98. The first-order chi connectivity index (χ1) is 13.0. The predicted octanol–water partition coefficient (Wildman–Crippen LogP) is 2.63. The topological polar surface area (TPSA) is 78.5 Å². The number of rotatable bonds is 6. The van der Waals surface area contributed by atoms with Crippen LogP contribution in [0.3, 0.4) is 0 Å². The highest BCUT2D eigenvalue weighted by Crippen LogP contribution is 2.15. The van der Waals surface area contributed by atoms with E-state index in [1.54, 1.807) is 12.1 Å². The van der Waals surface area contributed by atoms with Gasteiger partial charge in [0.15, 0.2) is 6.29 Å². The number of carbonyl (C=O) groups excluding carboxylic acids is 1. The molecule has 7 heteroatoms. The number of aldehydes is 1. The van der Waals surface area contributed by atoms with Crippen LogP contribution in [0.2, 0.25) is 0 Å². The lowest BCUT2D eigenvalue weighted by molar-refractivity contribution is 0.111. The number of aryl methyl sites for hydroxylation is 2. The average Bonchev–Trinajstić information content (AvgIpc) is 2.96. The van der Waals surface area contributed by atoms with Gasteiger partial charge in [-0.1, -0.05) is 53.2 Å². The third-order valence-electron chi connectivity index (χ3n) is 4.14. The summed E-state index contributed by atoms with van der Waals surface area (Å²) in [6.45, 7) is 4.04. The molecule has 0 radical (unpaired) electrons. The van der Waals surface area contributed by atoms with Gasteiger partial charge in [0.05, 0.1) is 11.4 Å². The van der Waals surface area contributed by atoms with Gasteiger partial charge >= 0.3 is 5.69 Å². The molecule has 0 saturated heterocycles. The largest absolute Gasteiger partial charge is 0.391 e. The van der Waals surface area contributed by atoms with Gasteiger partial charge < -0.3 is 4.84 Å². The first-order valence-electron chi connectivity index (χ1n) is 8.44. The van der Waals surface area contributed by atoms with Crippen LogP contribution in [-0.4, -0.2) is 26.3 Å². The standard InChI is InChI=1S/C20H20N4O3/c1-14-7-6-9-16(11-14)15(2)22-27-13-17-8-4-5-10-18(17)24-19(12-25)21-23(3)20(24)26/h4-12H,13H2,1-3H3/b22-15+. The van der Waals surface area contributed by atoms with Crippen LogP contribution in [0.5, 0.6) is 0 Å².